The molecule has 2 rings (SSSR count). The Hall–Kier alpha value is -2.82. The van der Waals surface area contributed by atoms with Crippen LogP contribution in [0.3, 0.4) is 0 Å². The number of nitrogens with one attached hydrogen (secondary N) is 2. The molecule has 26 heavy (non-hydrogen) atoms. The fourth-order valence-corrected chi connectivity index (χ4v) is 2.69. The second-order valence-corrected chi connectivity index (χ2v) is 6.81. The first-order chi connectivity index (χ1) is 12.3. The van der Waals surface area contributed by atoms with E-state index in [0.717, 1.165) is 22.3 Å². The molecule has 2 aromatic rings. The van der Waals surface area contributed by atoms with E-state index in [1.54, 1.807) is 6.07 Å². The van der Waals surface area contributed by atoms with Gasteiger partial charge in [0.15, 0.2) is 6.61 Å². The van der Waals surface area contributed by atoms with Crippen LogP contribution in [0.1, 0.15) is 52.4 Å². The van der Waals surface area contributed by atoms with Crippen molar-refractivity contribution in [1.82, 2.24) is 10.9 Å². The van der Waals surface area contributed by atoms with Gasteiger partial charge in [-0.2, -0.15) is 0 Å². The van der Waals surface area contributed by atoms with Crippen LogP contribution in [0.25, 0.3) is 0 Å². The van der Waals surface area contributed by atoms with Gasteiger partial charge in [0, 0.05) is 5.56 Å². The second-order valence-electron chi connectivity index (χ2n) is 6.81. The maximum Gasteiger partial charge on any atom is 0.276 e. The minimum Gasteiger partial charge on any atom is -0.483 e. The van der Waals surface area contributed by atoms with Crippen molar-refractivity contribution in [1.29, 1.82) is 0 Å². The lowest BCUT2D eigenvalue weighted by atomic mass is 10.0. The SMILES string of the molecule is Cc1ccc(C(=O)NNC(=O)COc2cc(C)ccc2C(C)C)c(C)c1. The monoisotopic (exact) mass is 354 g/mol. The summed E-state index contributed by atoms with van der Waals surface area (Å²) in [6.45, 7) is 9.77. The lowest BCUT2D eigenvalue weighted by Crippen LogP contribution is -2.44. The highest BCUT2D eigenvalue weighted by atomic mass is 16.5. The molecule has 5 heteroatoms. The summed E-state index contributed by atoms with van der Waals surface area (Å²) in [5.74, 6) is 0.210. The zero-order valence-electron chi connectivity index (χ0n) is 16.0. The molecule has 0 unspecified atom stereocenters. The minimum absolute atomic E-state index is 0.170. The van der Waals surface area contributed by atoms with Gasteiger partial charge >= 0.3 is 0 Å². The van der Waals surface area contributed by atoms with Crippen LogP contribution in [-0.2, 0) is 4.79 Å². The predicted molar refractivity (Wildman–Crippen MR) is 102 cm³/mol. The van der Waals surface area contributed by atoms with Gasteiger partial charge in [-0.25, -0.2) is 0 Å². The number of carbonyl (C=O) groups is 2. The Morgan fingerprint density at radius 1 is 0.962 bits per heavy atom. The van der Waals surface area contributed by atoms with Crippen LogP contribution >= 0.6 is 0 Å². The van der Waals surface area contributed by atoms with E-state index >= 15 is 0 Å². The van der Waals surface area contributed by atoms with Crippen molar-refractivity contribution in [2.45, 2.75) is 40.5 Å². The number of hydrogen-bond acceptors (Lipinski definition) is 3. The average Bonchev–Trinajstić information content (AvgIpc) is 2.57. The van der Waals surface area contributed by atoms with Crippen molar-refractivity contribution in [2.75, 3.05) is 6.61 Å². The zero-order chi connectivity index (χ0) is 19.3. The highest BCUT2D eigenvalue weighted by Crippen LogP contribution is 2.27. The van der Waals surface area contributed by atoms with E-state index < -0.39 is 5.91 Å². The Balaban J connectivity index is 1.91. The predicted octanol–water partition coefficient (Wildman–Crippen LogP) is 3.58. The normalized spacial score (nSPS) is 10.5. The maximum atomic E-state index is 12.2. The van der Waals surface area contributed by atoms with Crippen molar-refractivity contribution < 1.29 is 14.3 Å². The molecular weight excluding hydrogens is 328 g/mol. The van der Waals surface area contributed by atoms with Gasteiger partial charge in [-0.1, -0.05) is 43.7 Å². The van der Waals surface area contributed by atoms with Crippen LogP contribution in [0.2, 0.25) is 0 Å². The van der Waals surface area contributed by atoms with E-state index in [1.165, 1.54) is 0 Å². The van der Waals surface area contributed by atoms with E-state index in [9.17, 15) is 9.59 Å². The summed E-state index contributed by atoms with van der Waals surface area (Å²) in [5, 5.41) is 0. The van der Waals surface area contributed by atoms with Gasteiger partial charge < -0.3 is 4.74 Å². The number of hydrogen-bond donors (Lipinski definition) is 2. The van der Waals surface area contributed by atoms with Gasteiger partial charge in [0.05, 0.1) is 0 Å². The molecule has 138 valence electrons. The van der Waals surface area contributed by atoms with Gasteiger partial charge in [-0.15, -0.1) is 0 Å². The Morgan fingerprint density at radius 3 is 2.27 bits per heavy atom. The number of aryl methyl sites for hydroxylation is 3. The summed E-state index contributed by atoms with van der Waals surface area (Å²) in [4.78, 5) is 24.2. The van der Waals surface area contributed by atoms with Crippen molar-refractivity contribution in [2.24, 2.45) is 0 Å². The molecule has 0 spiro atoms. The molecular formula is C21H26N2O3. The quantitative estimate of drug-likeness (QED) is 0.807. The number of benzene rings is 2. The Bertz CT molecular complexity index is 813. The lowest BCUT2D eigenvalue weighted by molar-refractivity contribution is -0.123. The number of ether oxygens (including phenoxy) is 1. The topological polar surface area (TPSA) is 67.4 Å². The zero-order valence-corrected chi connectivity index (χ0v) is 16.0. The molecule has 2 amide bonds. The molecule has 0 aromatic heterocycles. The van der Waals surface area contributed by atoms with Crippen molar-refractivity contribution in [3.63, 3.8) is 0 Å². The summed E-state index contributed by atoms with van der Waals surface area (Å²) in [7, 11) is 0. The molecule has 0 aliphatic heterocycles. The first kappa shape index (κ1) is 19.5. The van der Waals surface area contributed by atoms with Crippen LogP contribution in [0.5, 0.6) is 5.75 Å². The van der Waals surface area contributed by atoms with Gasteiger partial charge in [0.25, 0.3) is 11.8 Å². The van der Waals surface area contributed by atoms with E-state index in [-0.39, 0.29) is 18.4 Å². The maximum absolute atomic E-state index is 12.2. The van der Waals surface area contributed by atoms with Gasteiger partial charge in [0.2, 0.25) is 0 Å². The largest absolute Gasteiger partial charge is 0.483 e. The summed E-state index contributed by atoms with van der Waals surface area (Å²) in [6.07, 6.45) is 0. The molecule has 0 bridgehead atoms. The van der Waals surface area contributed by atoms with Gasteiger partial charge in [-0.05, 0) is 55.5 Å². The van der Waals surface area contributed by atoms with Crippen LogP contribution in [0, 0.1) is 20.8 Å². The minimum atomic E-state index is -0.417. The van der Waals surface area contributed by atoms with E-state index in [2.05, 4.69) is 24.7 Å². The summed E-state index contributed by atoms with van der Waals surface area (Å²) >= 11 is 0. The standard InChI is InChI=1S/C21H26N2O3/c1-13(2)17-8-6-15(4)11-19(17)26-12-20(24)22-23-21(25)18-9-7-14(3)10-16(18)5/h6-11,13H,12H2,1-5H3,(H,22,24)(H,23,25). The lowest BCUT2D eigenvalue weighted by Gasteiger charge is -2.15. The number of carbonyl (C=O) groups excluding carboxylic acids is 2. The van der Waals surface area contributed by atoms with Crippen molar-refractivity contribution >= 4 is 11.8 Å². The van der Waals surface area contributed by atoms with E-state index in [0.29, 0.717) is 11.3 Å². The second kappa shape index (κ2) is 8.52. The molecule has 0 radical (unpaired) electrons. The van der Waals surface area contributed by atoms with Crippen LogP contribution in [0.4, 0.5) is 0 Å². The summed E-state index contributed by atoms with van der Waals surface area (Å²) in [5.41, 5.74) is 9.39. The van der Waals surface area contributed by atoms with Crippen LogP contribution in [-0.4, -0.2) is 18.4 Å². The highest BCUT2D eigenvalue weighted by Gasteiger charge is 2.12. The van der Waals surface area contributed by atoms with Gasteiger partial charge in [0.1, 0.15) is 5.75 Å². The molecule has 0 saturated carbocycles. The van der Waals surface area contributed by atoms with Crippen molar-refractivity contribution in [3.05, 3.63) is 64.2 Å². The third kappa shape index (κ3) is 5.09. The molecule has 0 saturated heterocycles. The summed E-state index contributed by atoms with van der Waals surface area (Å²) in [6, 6.07) is 11.5. The third-order valence-electron chi connectivity index (χ3n) is 4.09. The fourth-order valence-electron chi connectivity index (χ4n) is 2.69. The molecule has 0 aliphatic rings. The fraction of sp³-hybridized carbons (Fsp3) is 0.333. The first-order valence-corrected chi connectivity index (χ1v) is 8.67. The van der Waals surface area contributed by atoms with Crippen LogP contribution < -0.4 is 15.6 Å². The highest BCUT2D eigenvalue weighted by molar-refractivity contribution is 5.96. The molecule has 0 fully saturated rings. The Morgan fingerprint density at radius 2 is 1.62 bits per heavy atom. The average molecular weight is 354 g/mol. The first-order valence-electron chi connectivity index (χ1n) is 8.67. The molecule has 2 aromatic carbocycles. The smallest absolute Gasteiger partial charge is 0.276 e. The molecule has 2 N–H and O–H groups in total. The third-order valence-corrected chi connectivity index (χ3v) is 4.09. The van der Waals surface area contributed by atoms with Gasteiger partial charge in [-0.3, -0.25) is 20.4 Å². The summed E-state index contributed by atoms with van der Waals surface area (Å²) < 4.78 is 5.66. The number of amides is 2. The Labute approximate surface area is 154 Å². The van der Waals surface area contributed by atoms with E-state index in [1.807, 2.05) is 51.1 Å². The van der Waals surface area contributed by atoms with Crippen LogP contribution in [0.15, 0.2) is 36.4 Å². The van der Waals surface area contributed by atoms with Crippen molar-refractivity contribution in [3.8, 4) is 5.75 Å². The van der Waals surface area contributed by atoms with E-state index in [4.69, 9.17) is 4.74 Å². The molecule has 0 atom stereocenters. The number of rotatable bonds is 5. The number of hydrazine groups is 1. The molecule has 0 aliphatic carbocycles. The molecule has 5 nitrogen and oxygen atoms in total. The Kier molecular flexibility index (Phi) is 6.39. The molecule has 0 heterocycles.